The molecule has 4 nitrogen and oxygen atoms in total. The first-order valence-electron chi connectivity index (χ1n) is 7.11. The molecule has 1 unspecified atom stereocenters. The summed E-state index contributed by atoms with van der Waals surface area (Å²) in [5.41, 5.74) is -0.258. The molecule has 0 amide bonds. The van der Waals surface area contributed by atoms with Crippen molar-refractivity contribution in [2.75, 3.05) is 13.2 Å². The molecule has 0 aromatic rings. The van der Waals surface area contributed by atoms with E-state index in [0.29, 0.717) is 12.3 Å². The van der Waals surface area contributed by atoms with Gasteiger partial charge in [0.25, 0.3) is 0 Å². The minimum atomic E-state index is -0.258. The van der Waals surface area contributed by atoms with Crippen molar-refractivity contribution in [2.24, 2.45) is 11.3 Å². The van der Waals surface area contributed by atoms with Crippen LogP contribution in [0.25, 0.3) is 0 Å². The van der Waals surface area contributed by atoms with Gasteiger partial charge in [-0.05, 0) is 50.9 Å². The van der Waals surface area contributed by atoms with Gasteiger partial charge in [0.15, 0.2) is 0 Å². The number of ether oxygens (including phenoxy) is 1. The topological polar surface area (TPSA) is 66.8 Å². The average Bonchev–Trinajstić information content (AvgIpc) is 2.64. The van der Waals surface area contributed by atoms with Gasteiger partial charge in [-0.1, -0.05) is 0 Å². The smallest absolute Gasteiger partial charge is 0.306 e. The highest BCUT2D eigenvalue weighted by Gasteiger charge is 2.43. The van der Waals surface area contributed by atoms with Crippen molar-refractivity contribution in [1.29, 1.82) is 0 Å². The minimum Gasteiger partial charge on any atom is -0.462 e. The highest BCUT2D eigenvalue weighted by Crippen LogP contribution is 2.44. The third kappa shape index (κ3) is 2.86. The van der Waals surface area contributed by atoms with Crippen LogP contribution in [0.15, 0.2) is 0 Å². The van der Waals surface area contributed by atoms with E-state index in [-0.39, 0.29) is 30.7 Å². The van der Waals surface area contributed by atoms with E-state index in [9.17, 15) is 15.0 Å². The first-order valence-corrected chi connectivity index (χ1v) is 7.11. The minimum absolute atomic E-state index is 0.0864. The molecule has 2 rings (SSSR count). The largest absolute Gasteiger partial charge is 0.462 e. The van der Waals surface area contributed by atoms with Crippen LogP contribution in [0.2, 0.25) is 0 Å². The van der Waals surface area contributed by atoms with E-state index in [2.05, 4.69) is 0 Å². The number of cyclic esters (lactones) is 1. The number of esters is 1. The van der Waals surface area contributed by atoms with Crippen LogP contribution in [-0.4, -0.2) is 35.5 Å². The predicted molar refractivity (Wildman–Crippen MR) is 66.9 cm³/mol. The van der Waals surface area contributed by atoms with Gasteiger partial charge in [0.1, 0.15) is 6.10 Å². The molecule has 0 radical (unpaired) electrons. The van der Waals surface area contributed by atoms with Crippen molar-refractivity contribution < 1.29 is 19.7 Å². The molecule has 0 aromatic carbocycles. The molecule has 1 atom stereocenters. The van der Waals surface area contributed by atoms with E-state index in [1.807, 2.05) is 0 Å². The molecule has 104 valence electrons. The number of hydrogen-bond acceptors (Lipinski definition) is 4. The molecule has 0 spiro atoms. The van der Waals surface area contributed by atoms with Gasteiger partial charge in [0, 0.05) is 18.4 Å². The van der Waals surface area contributed by atoms with E-state index >= 15 is 0 Å². The number of carbonyl (C=O) groups excluding carboxylic acids is 1. The number of aliphatic hydroxyl groups excluding tert-OH is 2. The third-order valence-electron chi connectivity index (χ3n) is 4.73. The molecule has 0 aromatic heterocycles. The Labute approximate surface area is 108 Å². The summed E-state index contributed by atoms with van der Waals surface area (Å²) in [7, 11) is 0. The first kappa shape index (κ1) is 13.8. The van der Waals surface area contributed by atoms with Crippen molar-refractivity contribution in [3.05, 3.63) is 0 Å². The molecule has 2 N–H and O–H groups in total. The number of rotatable bonds is 3. The van der Waals surface area contributed by atoms with E-state index in [0.717, 1.165) is 44.9 Å². The number of hydrogen-bond donors (Lipinski definition) is 2. The molecular formula is C14H24O4. The zero-order chi connectivity index (χ0) is 13.0. The van der Waals surface area contributed by atoms with Gasteiger partial charge in [-0.25, -0.2) is 0 Å². The van der Waals surface area contributed by atoms with Gasteiger partial charge in [0.05, 0.1) is 6.61 Å². The lowest BCUT2D eigenvalue weighted by molar-refractivity contribution is -0.160. The van der Waals surface area contributed by atoms with Gasteiger partial charge >= 0.3 is 5.97 Å². The van der Waals surface area contributed by atoms with E-state index < -0.39 is 0 Å². The Hall–Kier alpha value is -0.610. The summed E-state index contributed by atoms with van der Waals surface area (Å²) in [4.78, 5) is 11.6. The maximum absolute atomic E-state index is 11.6. The monoisotopic (exact) mass is 256 g/mol. The standard InChI is InChI=1S/C14H24O4/c15-9-11-5-7-14(10-16,8-6-11)12-3-1-2-4-13(17)18-12/h11-12,15-16H,1-10H2. The zero-order valence-electron chi connectivity index (χ0n) is 10.9. The Kier molecular flexibility index (Phi) is 4.62. The van der Waals surface area contributed by atoms with E-state index in [1.54, 1.807) is 0 Å². The van der Waals surface area contributed by atoms with Crippen molar-refractivity contribution in [3.8, 4) is 0 Å². The molecule has 2 fully saturated rings. The Morgan fingerprint density at radius 2 is 1.89 bits per heavy atom. The summed E-state index contributed by atoms with van der Waals surface area (Å²) < 4.78 is 5.55. The molecule has 1 saturated heterocycles. The SMILES string of the molecule is O=C1CCCCC(C2(CO)CCC(CO)CC2)O1. The molecule has 1 saturated carbocycles. The van der Waals surface area contributed by atoms with Crippen LogP contribution in [0.3, 0.4) is 0 Å². The Morgan fingerprint density at radius 3 is 2.50 bits per heavy atom. The van der Waals surface area contributed by atoms with Crippen LogP contribution in [0.4, 0.5) is 0 Å². The number of aliphatic hydroxyl groups is 2. The average molecular weight is 256 g/mol. The lowest BCUT2D eigenvalue weighted by Gasteiger charge is -2.43. The van der Waals surface area contributed by atoms with Crippen molar-refractivity contribution in [2.45, 2.75) is 57.5 Å². The van der Waals surface area contributed by atoms with Crippen molar-refractivity contribution >= 4 is 5.97 Å². The fraction of sp³-hybridized carbons (Fsp3) is 0.929. The molecule has 1 aliphatic carbocycles. The van der Waals surface area contributed by atoms with Crippen LogP contribution < -0.4 is 0 Å². The molecule has 0 bridgehead atoms. The maximum atomic E-state index is 11.6. The lowest BCUT2D eigenvalue weighted by Crippen LogP contribution is -2.44. The fourth-order valence-electron chi connectivity index (χ4n) is 3.32. The van der Waals surface area contributed by atoms with Crippen LogP contribution in [0.1, 0.15) is 51.4 Å². The summed E-state index contributed by atoms with van der Waals surface area (Å²) in [6, 6.07) is 0. The molecule has 1 aliphatic heterocycles. The second-order valence-electron chi connectivity index (χ2n) is 5.87. The fourth-order valence-corrected chi connectivity index (χ4v) is 3.32. The number of carbonyl (C=O) groups is 1. The zero-order valence-corrected chi connectivity index (χ0v) is 10.9. The van der Waals surface area contributed by atoms with Gasteiger partial charge in [-0.15, -0.1) is 0 Å². The summed E-state index contributed by atoms with van der Waals surface area (Å²) in [5, 5.41) is 19.0. The molecule has 4 heteroatoms. The Balaban J connectivity index is 2.04. The van der Waals surface area contributed by atoms with Gasteiger partial charge < -0.3 is 14.9 Å². The predicted octanol–water partition coefficient (Wildman–Crippen LogP) is 1.63. The van der Waals surface area contributed by atoms with Gasteiger partial charge in [-0.2, -0.15) is 0 Å². The Bertz CT molecular complexity index is 282. The van der Waals surface area contributed by atoms with Gasteiger partial charge in [-0.3, -0.25) is 4.79 Å². The Morgan fingerprint density at radius 1 is 1.17 bits per heavy atom. The quantitative estimate of drug-likeness (QED) is 0.753. The summed E-state index contributed by atoms with van der Waals surface area (Å²) in [5.74, 6) is 0.237. The second-order valence-corrected chi connectivity index (χ2v) is 5.87. The summed E-state index contributed by atoms with van der Waals surface area (Å²) >= 11 is 0. The molecule has 1 heterocycles. The van der Waals surface area contributed by atoms with Crippen LogP contribution in [-0.2, 0) is 9.53 Å². The van der Waals surface area contributed by atoms with Crippen LogP contribution in [0, 0.1) is 11.3 Å². The van der Waals surface area contributed by atoms with Crippen LogP contribution >= 0.6 is 0 Å². The summed E-state index contributed by atoms with van der Waals surface area (Å²) in [6.07, 6.45) is 6.71. The molecular weight excluding hydrogens is 232 g/mol. The van der Waals surface area contributed by atoms with Crippen LogP contribution in [0.5, 0.6) is 0 Å². The second kappa shape index (κ2) is 6.02. The van der Waals surface area contributed by atoms with E-state index in [4.69, 9.17) is 4.74 Å². The van der Waals surface area contributed by atoms with Crippen molar-refractivity contribution in [3.63, 3.8) is 0 Å². The third-order valence-corrected chi connectivity index (χ3v) is 4.73. The summed E-state index contributed by atoms with van der Waals surface area (Å²) in [6.45, 7) is 0.315. The highest BCUT2D eigenvalue weighted by atomic mass is 16.5. The lowest BCUT2D eigenvalue weighted by atomic mass is 9.67. The van der Waals surface area contributed by atoms with Crippen molar-refractivity contribution in [1.82, 2.24) is 0 Å². The highest BCUT2D eigenvalue weighted by molar-refractivity contribution is 5.69. The molecule has 18 heavy (non-hydrogen) atoms. The first-order chi connectivity index (χ1) is 8.70. The van der Waals surface area contributed by atoms with Gasteiger partial charge in [0.2, 0.25) is 0 Å². The van der Waals surface area contributed by atoms with E-state index in [1.165, 1.54) is 0 Å². The maximum Gasteiger partial charge on any atom is 0.306 e. The molecule has 2 aliphatic rings. The normalized spacial score (nSPS) is 38.0.